The molecule has 19 heavy (non-hydrogen) atoms. The van der Waals surface area contributed by atoms with Crippen LogP contribution in [0.5, 0.6) is 5.75 Å². The van der Waals surface area contributed by atoms with Crippen molar-refractivity contribution in [3.8, 4) is 5.75 Å². The molecule has 0 spiro atoms. The van der Waals surface area contributed by atoms with Gasteiger partial charge in [0, 0.05) is 22.4 Å². The fourth-order valence-corrected chi connectivity index (χ4v) is 2.56. The van der Waals surface area contributed by atoms with Crippen molar-refractivity contribution in [3.63, 3.8) is 0 Å². The molecule has 0 unspecified atom stereocenters. The molecule has 0 bridgehead atoms. The lowest BCUT2D eigenvalue weighted by Crippen LogP contribution is -2.35. The maximum atomic E-state index is 9.85. The van der Waals surface area contributed by atoms with Gasteiger partial charge in [-0.1, -0.05) is 19.9 Å². The largest absolute Gasteiger partial charge is 0.490 e. The third-order valence-corrected chi connectivity index (χ3v) is 3.66. The number of aromatic nitrogens is 1. The Morgan fingerprint density at radius 3 is 2.95 bits per heavy atom. The van der Waals surface area contributed by atoms with E-state index in [4.69, 9.17) is 4.74 Å². The van der Waals surface area contributed by atoms with Crippen molar-refractivity contribution in [2.75, 3.05) is 13.2 Å². The molecule has 1 aromatic carbocycles. The lowest BCUT2D eigenvalue weighted by Gasteiger charge is -2.15. The number of H-pyrrole nitrogens is 1. The summed E-state index contributed by atoms with van der Waals surface area (Å²) in [5.74, 6) is 0.812. The van der Waals surface area contributed by atoms with Crippen molar-refractivity contribution < 1.29 is 9.84 Å². The van der Waals surface area contributed by atoms with Gasteiger partial charge in [0.1, 0.15) is 18.5 Å². The van der Waals surface area contributed by atoms with E-state index in [1.165, 1.54) is 0 Å². The molecule has 1 aromatic heterocycles. The molecule has 0 aliphatic carbocycles. The molecular formula is C14H19IN2O2. The first-order chi connectivity index (χ1) is 9.08. The molecule has 0 amide bonds. The predicted octanol–water partition coefficient (Wildman–Crippen LogP) is 2.51. The SMILES string of the molecule is CC(C)NC[C@H](O)COc1cccc2[nH]cc(I)c12. The number of ether oxygens (including phenoxy) is 1. The number of aliphatic hydroxyl groups is 1. The van der Waals surface area contributed by atoms with Crippen molar-refractivity contribution in [2.45, 2.75) is 26.0 Å². The zero-order chi connectivity index (χ0) is 13.8. The normalized spacial score (nSPS) is 13.1. The second-order valence-electron chi connectivity index (χ2n) is 4.84. The van der Waals surface area contributed by atoms with Crippen molar-refractivity contribution in [1.82, 2.24) is 10.3 Å². The van der Waals surface area contributed by atoms with Gasteiger partial charge in [0.2, 0.25) is 0 Å². The molecule has 0 radical (unpaired) electrons. The number of aromatic amines is 1. The molecular weight excluding hydrogens is 355 g/mol. The Balaban J connectivity index is 2.00. The lowest BCUT2D eigenvalue weighted by molar-refractivity contribution is 0.105. The third-order valence-electron chi connectivity index (χ3n) is 2.81. The Hall–Kier alpha value is -0.790. The van der Waals surface area contributed by atoms with Gasteiger partial charge in [0.05, 0.1) is 10.9 Å². The number of benzene rings is 1. The number of aliphatic hydroxyl groups excluding tert-OH is 1. The fourth-order valence-electron chi connectivity index (χ4n) is 1.85. The summed E-state index contributed by atoms with van der Waals surface area (Å²) in [5.41, 5.74) is 1.05. The second kappa shape index (κ2) is 6.58. The molecule has 3 N–H and O–H groups in total. The number of hydrogen-bond acceptors (Lipinski definition) is 3. The van der Waals surface area contributed by atoms with Gasteiger partial charge >= 0.3 is 0 Å². The van der Waals surface area contributed by atoms with Crippen LogP contribution in [0.15, 0.2) is 24.4 Å². The van der Waals surface area contributed by atoms with Crippen LogP contribution in [0, 0.1) is 3.57 Å². The number of halogens is 1. The molecule has 1 atom stereocenters. The zero-order valence-corrected chi connectivity index (χ0v) is 13.3. The van der Waals surface area contributed by atoms with E-state index in [2.05, 4.69) is 46.7 Å². The predicted molar refractivity (Wildman–Crippen MR) is 85.7 cm³/mol. The number of nitrogens with one attached hydrogen (secondary N) is 2. The van der Waals surface area contributed by atoms with Gasteiger partial charge < -0.3 is 20.1 Å². The lowest BCUT2D eigenvalue weighted by atomic mass is 10.2. The highest BCUT2D eigenvalue weighted by Crippen LogP contribution is 2.29. The molecule has 0 saturated carbocycles. The topological polar surface area (TPSA) is 57.3 Å². The summed E-state index contributed by atoms with van der Waals surface area (Å²) < 4.78 is 6.86. The van der Waals surface area contributed by atoms with E-state index >= 15 is 0 Å². The summed E-state index contributed by atoms with van der Waals surface area (Å²) in [6, 6.07) is 6.26. The first-order valence-electron chi connectivity index (χ1n) is 6.37. The van der Waals surface area contributed by atoms with Crippen molar-refractivity contribution in [2.24, 2.45) is 0 Å². The number of fused-ring (bicyclic) bond motifs is 1. The Morgan fingerprint density at radius 1 is 1.42 bits per heavy atom. The summed E-state index contributed by atoms with van der Waals surface area (Å²) in [4.78, 5) is 3.19. The van der Waals surface area contributed by atoms with Crippen molar-refractivity contribution >= 4 is 33.5 Å². The van der Waals surface area contributed by atoms with Crippen LogP contribution in [0.2, 0.25) is 0 Å². The summed E-state index contributed by atoms with van der Waals surface area (Å²) in [6.07, 6.45) is 1.45. The van der Waals surface area contributed by atoms with E-state index in [9.17, 15) is 5.11 Å². The van der Waals surface area contributed by atoms with Crippen LogP contribution < -0.4 is 10.1 Å². The summed E-state index contributed by atoms with van der Waals surface area (Å²) in [7, 11) is 0. The molecule has 1 heterocycles. The highest BCUT2D eigenvalue weighted by Gasteiger charge is 2.10. The van der Waals surface area contributed by atoms with Crippen LogP contribution >= 0.6 is 22.6 Å². The average Bonchev–Trinajstić information content (AvgIpc) is 2.76. The van der Waals surface area contributed by atoms with E-state index in [1.807, 2.05) is 24.4 Å². The van der Waals surface area contributed by atoms with E-state index < -0.39 is 6.10 Å². The van der Waals surface area contributed by atoms with E-state index in [0.29, 0.717) is 19.2 Å². The van der Waals surface area contributed by atoms with Gasteiger partial charge in [-0.25, -0.2) is 0 Å². The van der Waals surface area contributed by atoms with E-state index in [1.54, 1.807) is 0 Å². The molecule has 0 saturated heterocycles. The monoisotopic (exact) mass is 374 g/mol. The van der Waals surface area contributed by atoms with Gasteiger partial charge in [0.15, 0.2) is 0 Å². The van der Waals surface area contributed by atoms with Gasteiger partial charge in [-0.2, -0.15) is 0 Å². The standard InChI is InChI=1S/C14H19IN2O2/c1-9(2)16-6-10(18)8-19-13-5-3-4-12-14(13)11(15)7-17-12/h3-5,7,9-10,16-18H,6,8H2,1-2H3/t10-/m0/s1. The molecule has 4 nitrogen and oxygen atoms in total. The zero-order valence-electron chi connectivity index (χ0n) is 11.1. The maximum absolute atomic E-state index is 9.85. The Bertz CT molecular complexity index is 539. The molecule has 2 rings (SSSR count). The van der Waals surface area contributed by atoms with E-state index in [-0.39, 0.29) is 0 Å². The third kappa shape index (κ3) is 3.84. The van der Waals surface area contributed by atoms with Crippen molar-refractivity contribution in [1.29, 1.82) is 0 Å². The molecule has 104 valence electrons. The smallest absolute Gasteiger partial charge is 0.129 e. The summed E-state index contributed by atoms with van der Waals surface area (Å²) in [6.45, 7) is 4.94. The quantitative estimate of drug-likeness (QED) is 0.682. The van der Waals surface area contributed by atoms with Crippen LogP contribution in [0.3, 0.4) is 0 Å². The molecule has 0 aliphatic heterocycles. The second-order valence-corrected chi connectivity index (χ2v) is 6.01. The minimum atomic E-state index is -0.505. The van der Waals surface area contributed by atoms with Gasteiger partial charge in [-0.05, 0) is 34.7 Å². The molecule has 0 fully saturated rings. The fraction of sp³-hybridized carbons (Fsp3) is 0.429. The first-order valence-corrected chi connectivity index (χ1v) is 7.45. The summed E-state index contributed by atoms with van der Waals surface area (Å²) in [5, 5.41) is 14.1. The van der Waals surface area contributed by atoms with Gasteiger partial charge in [-0.3, -0.25) is 0 Å². The van der Waals surface area contributed by atoms with Crippen LogP contribution in [-0.4, -0.2) is 35.4 Å². The van der Waals surface area contributed by atoms with Crippen LogP contribution in [-0.2, 0) is 0 Å². The minimum absolute atomic E-state index is 0.292. The Kier molecular flexibility index (Phi) is 5.06. The summed E-state index contributed by atoms with van der Waals surface area (Å²) >= 11 is 2.28. The Morgan fingerprint density at radius 2 is 2.21 bits per heavy atom. The number of rotatable bonds is 6. The average molecular weight is 374 g/mol. The molecule has 2 aromatic rings. The number of hydrogen-bond donors (Lipinski definition) is 3. The van der Waals surface area contributed by atoms with Crippen LogP contribution in [0.1, 0.15) is 13.8 Å². The highest BCUT2D eigenvalue weighted by molar-refractivity contribution is 14.1. The maximum Gasteiger partial charge on any atom is 0.129 e. The highest BCUT2D eigenvalue weighted by atomic mass is 127. The van der Waals surface area contributed by atoms with Crippen LogP contribution in [0.25, 0.3) is 10.9 Å². The first kappa shape index (κ1) is 14.6. The Labute approximate surface area is 126 Å². The van der Waals surface area contributed by atoms with Gasteiger partial charge in [0.25, 0.3) is 0 Å². The van der Waals surface area contributed by atoms with E-state index in [0.717, 1.165) is 20.2 Å². The van der Waals surface area contributed by atoms with Crippen molar-refractivity contribution in [3.05, 3.63) is 28.0 Å². The molecule has 0 aliphatic rings. The van der Waals surface area contributed by atoms with Gasteiger partial charge in [-0.15, -0.1) is 0 Å². The molecule has 5 heteroatoms. The minimum Gasteiger partial charge on any atom is -0.490 e. The van der Waals surface area contributed by atoms with Crippen LogP contribution in [0.4, 0.5) is 0 Å².